The van der Waals surface area contributed by atoms with Crippen LogP contribution in [0.1, 0.15) is 26.5 Å². The number of halogens is 6. The van der Waals surface area contributed by atoms with Crippen molar-refractivity contribution >= 4 is 21.9 Å². The lowest BCUT2D eigenvalue weighted by Gasteiger charge is -2.37. The van der Waals surface area contributed by atoms with E-state index in [0.29, 0.717) is 0 Å². The molecule has 4 heterocycles. The van der Waals surface area contributed by atoms with Gasteiger partial charge in [0.2, 0.25) is 0 Å². The molecule has 0 N–H and O–H groups in total. The Kier molecular flexibility index (Phi) is 7.86. The number of hydrogen-bond donors (Lipinski definition) is 0. The third-order valence-corrected chi connectivity index (χ3v) is 6.42. The lowest BCUT2D eigenvalue weighted by molar-refractivity contribution is -0.140. The first-order valence-electron chi connectivity index (χ1n) is 10.8. The molecule has 3 aliphatic rings. The molecule has 0 saturated carbocycles. The second-order valence-corrected chi connectivity index (χ2v) is 10.5. The van der Waals surface area contributed by atoms with E-state index in [1.807, 2.05) is 0 Å². The quantitative estimate of drug-likeness (QED) is 0.358. The Morgan fingerprint density at radius 3 is 2.14 bits per heavy atom. The molecule has 0 aliphatic carbocycles. The van der Waals surface area contributed by atoms with E-state index in [0.717, 1.165) is 0 Å². The zero-order valence-electron chi connectivity index (χ0n) is 19.9. The highest BCUT2D eigenvalue weighted by Crippen LogP contribution is 2.45. The first-order valence-corrected chi connectivity index (χ1v) is 12.2. The molecule has 0 atom stereocenters. The number of carbonyl (C=O) groups is 1. The van der Waals surface area contributed by atoms with Crippen LogP contribution in [0.15, 0.2) is 35.2 Å². The van der Waals surface area contributed by atoms with E-state index in [9.17, 15) is 39.6 Å². The zero-order valence-corrected chi connectivity index (χ0v) is 20.7. The van der Waals surface area contributed by atoms with Crippen LogP contribution in [0.25, 0.3) is 11.1 Å². The van der Waals surface area contributed by atoms with Gasteiger partial charge in [0.1, 0.15) is 16.2 Å². The summed E-state index contributed by atoms with van der Waals surface area (Å²) >= 11 is 0. The molecule has 1 amide bonds. The van der Waals surface area contributed by atoms with Gasteiger partial charge in [0.25, 0.3) is 5.88 Å². The van der Waals surface area contributed by atoms with E-state index in [2.05, 4.69) is 4.98 Å². The Morgan fingerprint density at radius 2 is 1.59 bits per heavy atom. The van der Waals surface area contributed by atoms with Crippen LogP contribution in [-0.2, 0) is 21.0 Å². The molecular formula is C22H23F6N3O5S. The number of benzene rings is 1. The highest BCUT2D eigenvalue weighted by molar-refractivity contribution is 7.87. The van der Waals surface area contributed by atoms with Gasteiger partial charge >= 0.3 is 29.1 Å². The van der Waals surface area contributed by atoms with Crippen molar-refractivity contribution in [1.82, 2.24) is 9.88 Å². The van der Waals surface area contributed by atoms with Crippen LogP contribution in [0.2, 0.25) is 0 Å². The molecule has 3 aliphatic heterocycles. The Balaban J connectivity index is 0.000000886. The predicted octanol–water partition coefficient (Wildman–Crippen LogP) is 5.08. The summed E-state index contributed by atoms with van der Waals surface area (Å²) in [6.07, 6.45) is -5.32. The number of fused-ring (bicyclic) bond motifs is 3. The summed E-state index contributed by atoms with van der Waals surface area (Å²) in [7, 11) is -4.40. The van der Waals surface area contributed by atoms with Crippen molar-refractivity contribution in [1.29, 1.82) is 0 Å². The highest BCUT2D eigenvalue weighted by atomic mass is 32.2. The van der Waals surface area contributed by atoms with Crippen molar-refractivity contribution in [3.05, 3.63) is 36.0 Å². The van der Waals surface area contributed by atoms with Gasteiger partial charge in [-0.25, -0.2) is 9.78 Å². The number of alkyl halides is 6. The van der Waals surface area contributed by atoms with Crippen LogP contribution in [0.4, 0.5) is 36.8 Å². The topological polar surface area (TPSA) is 89.0 Å². The minimum Gasteiger partial charge on any atom is -0.444 e. The monoisotopic (exact) mass is 555 g/mol. The van der Waals surface area contributed by atoms with Gasteiger partial charge in [-0.05, 0) is 32.9 Å². The second-order valence-electron chi connectivity index (χ2n) is 8.94. The van der Waals surface area contributed by atoms with Crippen LogP contribution < -0.4 is 9.08 Å². The van der Waals surface area contributed by atoms with E-state index < -0.39 is 46.2 Å². The molecule has 204 valence electrons. The molecular weight excluding hydrogens is 532 g/mol. The fourth-order valence-electron chi connectivity index (χ4n) is 3.71. The molecule has 5 rings (SSSR count). The largest absolute Gasteiger partial charge is 0.444 e. The molecule has 1 saturated heterocycles. The number of piperazine rings is 1. The lowest BCUT2D eigenvalue weighted by atomic mass is 10.0. The number of amides is 1. The van der Waals surface area contributed by atoms with Crippen LogP contribution >= 0.6 is 0 Å². The summed E-state index contributed by atoms with van der Waals surface area (Å²) in [6.45, 7) is 2.49. The van der Waals surface area contributed by atoms with Crippen molar-refractivity contribution in [2.45, 2.75) is 44.1 Å². The van der Waals surface area contributed by atoms with Crippen LogP contribution in [0, 0.1) is 0 Å². The molecule has 2 bridgehead atoms. The molecule has 8 nitrogen and oxygen atoms in total. The summed E-state index contributed by atoms with van der Waals surface area (Å²) in [5.41, 5.74) is -2.27. The number of ether oxygens (including phenoxy) is 1. The number of hydrogen-bond acceptors (Lipinski definition) is 7. The summed E-state index contributed by atoms with van der Waals surface area (Å²) in [4.78, 5) is 18.7. The zero-order chi connectivity index (χ0) is 27.8. The maximum absolute atomic E-state index is 13.8. The minimum atomic E-state index is -4.82. The fraction of sp³-hybridized carbons (Fsp3) is 0.455. The summed E-state index contributed by atoms with van der Waals surface area (Å²) in [5.74, 6) is -0.647. The van der Waals surface area contributed by atoms with E-state index in [4.69, 9.17) is 8.92 Å². The predicted molar refractivity (Wildman–Crippen MR) is 120 cm³/mol. The van der Waals surface area contributed by atoms with Crippen LogP contribution in [-0.4, -0.2) is 62.9 Å². The van der Waals surface area contributed by atoms with Gasteiger partial charge < -0.3 is 18.7 Å². The molecule has 0 radical (unpaired) electrons. The average molecular weight is 555 g/mol. The lowest BCUT2D eigenvalue weighted by Crippen LogP contribution is -2.50. The summed E-state index contributed by atoms with van der Waals surface area (Å²) in [5, 5.41) is 0. The van der Waals surface area contributed by atoms with Gasteiger partial charge in [-0.3, -0.25) is 0 Å². The average Bonchev–Trinajstić information content (AvgIpc) is 2.76. The number of nitrogens with zero attached hydrogens (tertiary/aromatic N) is 3. The number of pyridine rings is 1. The number of aromatic nitrogens is 1. The Labute approximate surface area is 208 Å². The smallest absolute Gasteiger partial charge is 0.434 e. The van der Waals surface area contributed by atoms with Gasteiger partial charge in [0, 0.05) is 37.3 Å². The van der Waals surface area contributed by atoms with Gasteiger partial charge in [-0.1, -0.05) is 18.2 Å². The minimum absolute atomic E-state index is 0.111. The van der Waals surface area contributed by atoms with Crippen LogP contribution in [0.3, 0.4) is 0 Å². The maximum atomic E-state index is 13.8. The van der Waals surface area contributed by atoms with E-state index in [-0.39, 0.29) is 47.9 Å². The van der Waals surface area contributed by atoms with Gasteiger partial charge in [0.15, 0.2) is 5.69 Å². The third-order valence-electron chi connectivity index (χ3n) is 5.14. The van der Waals surface area contributed by atoms with Crippen molar-refractivity contribution in [2.75, 3.05) is 31.1 Å². The summed E-state index contributed by atoms with van der Waals surface area (Å²) < 4.78 is 106. The van der Waals surface area contributed by atoms with Gasteiger partial charge in [-0.2, -0.15) is 34.8 Å². The van der Waals surface area contributed by atoms with E-state index in [1.165, 1.54) is 35.2 Å². The first-order chi connectivity index (χ1) is 17.0. The normalized spacial score (nSPS) is 16.7. The van der Waals surface area contributed by atoms with E-state index in [1.54, 1.807) is 25.7 Å². The molecule has 1 fully saturated rings. The first kappa shape index (κ1) is 28.3. The molecule has 1 aromatic carbocycles. The fourth-order valence-corrected chi connectivity index (χ4v) is 4.82. The third kappa shape index (κ3) is 6.76. The second kappa shape index (κ2) is 10.3. The number of carbonyl (C=O) groups excluding carboxylic acids is 1. The van der Waals surface area contributed by atoms with Crippen molar-refractivity contribution in [3.63, 3.8) is 0 Å². The SMILES string of the molecule is CC(C)(C)OC(=O)N1CCN(c2cc3c(C(F)(F)F)nc2OS(=O)(=O)c2ccccc2-3)CC1.FC(F)F. The molecule has 0 unspecified atom stereocenters. The molecule has 2 aromatic rings. The highest BCUT2D eigenvalue weighted by Gasteiger charge is 2.41. The van der Waals surface area contributed by atoms with Crippen LogP contribution in [0.5, 0.6) is 5.88 Å². The summed E-state index contributed by atoms with van der Waals surface area (Å²) in [6, 6.07) is 6.59. The molecule has 37 heavy (non-hydrogen) atoms. The van der Waals surface area contributed by atoms with Gasteiger partial charge in [0.05, 0.1) is 0 Å². The Hall–Kier alpha value is -3.23. The maximum Gasteiger partial charge on any atom is 0.434 e. The number of rotatable bonds is 1. The van der Waals surface area contributed by atoms with Crippen molar-refractivity contribution in [2.24, 2.45) is 0 Å². The van der Waals surface area contributed by atoms with Crippen molar-refractivity contribution in [3.8, 4) is 17.0 Å². The molecule has 15 heteroatoms. The Bertz CT molecular complexity index is 1250. The number of anilines is 1. The van der Waals surface area contributed by atoms with Gasteiger partial charge in [-0.15, -0.1) is 0 Å². The standard InChI is InChI=1S/C21H22F3N3O5S.CHF3/c1-20(2,3)31-19(28)27-10-8-26(9-11-27)15-12-14-13-6-4-5-7-16(13)33(29,30)32-18(15)25-17(14)21(22,23)24;2-1(3)4/h4-7,12H,8-11H2,1-3H3;1H. The molecule has 1 aromatic heterocycles. The van der Waals surface area contributed by atoms with E-state index >= 15 is 0 Å². The van der Waals surface area contributed by atoms with Crippen molar-refractivity contribution < 1.29 is 48.5 Å². The molecule has 0 spiro atoms. The Morgan fingerprint density at radius 1 is 1.03 bits per heavy atom.